The number of hydrogen-bond acceptors (Lipinski definition) is 3. The molecule has 0 aliphatic rings. The van der Waals surface area contributed by atoms with E-state index in [2.05, 4.69) is 15.0 Å². The lowest BCUT2D eigenvalue weighted by molar-refractivity contribution is 0.0958. The van der Waals surface area contributed by atoms with Gasteiger partial charge in [0.1, 0.15) is 0 Å². The molecule has 0 unspecified atom stereocenters. The molecule has 0 atom stereocenters. The van der Waals surface area contributed by atoms with E-state index in [1.165, 1.54) is 7.05 Å². The van der Waals surface area contributed by atoms with Gasteiger partial charge < -0.3 is 10.3 Å². The van der Waals surface area contributed by atoms with Crippen molar-refractivity contribution < 1.29 is 13.2 Å². The molecule has 102 valence electrons. The normalized spacial score (nSPS) is 11.6. The molecule has 0 radical (unpaired) electrons. The Hall–Kier alpha value is -1.86. The molecule has 0 aliphatic heterocycles. The van der Waals surface area contributed by atoms with Crippen LogP contribution in [-0.2, 0) is 10.0 Å². The van der Waals surface area contributed by atoms with E-state index >= 15 is 0 Å². The largest absolute Gasteiger partial charge is 0.360 e. The Bertz CT molecular complexity index is 691. The maximum Gasteiger partial charge on any atom is 0.253 e. The summed E-state index contributed by atoms with van der Waals surface area (Å²) in [5, 5.41) is 3.41. The molecule has 2 aromatic rings. The number of amides is 1. The first-order chi connectivity index (χ1) is 9.03. The minimum absolute atomic E-state index is 0.0709. The van der Waals surface area contributed by atoms with E-state index in [4.69, 9.17) is 0 Å². The third-order valence-electron chi connectivity index (χ3n) is 2.80. The third kappa shape index (κ3) is 3.12. The molecule has 1 heterocycles. The molecule has 1 amide bonds. The van der Waals surface area contributed by atoms with Crippen LogP contribution >= 0.6 is 0 Å². The van der Waals surface area contributed by atoms with Crippen molar-refractivity contribution in [2.45, 2.75) is 0 Å². The van der Waals surface area contributed by atoms with Gasteiger partial charge in [-0.25, -0.2) is 13.1 Å². The summed E-state index contributed by atoms with van der Waals surface area (Å²) in [5.41, 5.74) is 1.38. The first-order valence-corrected chi connectivity index (χ1v) is 7.44. The van der Waals surface area contributed by atoms with Crippen molar-refractivity contribution in [2.24, 2.45) is 0 Å². The van der Waals surface area contributed by atoms with E-state index < -0.39 is 10.0 Å². The van der Waals surface area contributed by atoms with Crippen molar-refractivity contribution in [1.82, 2.24) is 15.0 Å². The van der Waals surface area contributed by atoms with E-state index in [-0.39, 0.29) is 18.2 Å². The Morgan fingerprint density at radius 1 is 1.32 bits per heavy atom. The molecule has 0 aliphatic carbocycles. The summed E-state index contributed by atoms with van der Waals surface area (Å²) in [5.74, 6) is -0.429. The van der Waals surface area contributed by atoms with Crippen LogP contribution in [0.5, 0.6) is 0 Å². The summed E-state index contributed by atoms with van der Waals surface area (Å²) in [7, 11) is -1.95. The molecule has 2 rings (SSSR count). The number of aromatic amines is 1. The monoisotopic (exact) mass is 281 g/mol. The first-order valence-electron chi connectivity index (χ1n) is 5.79. The predicted octanol–water partition coefficient (Wildman–Crippen LogP) is 0.447. The second kappa shape index (κ2) is 5.41. The maximum atomic E-state index is 11.9. The molecule has 6 nitrogen and oxygen atoms in total. The van der Waals surface area contributed by atoms with Crippen LogP contribution in [-0.4, -0.2) is 38.7 Å². The number of fused-ring (bicyclic) bond motifs is 1. The minimum atomic E-state index is -3.30. The van der Waals surface area contributed by atoms with Crippen molar-refractivity contribution in [3.05, 3.63) is 36.0 Å². The molecule has 1 aromatic heterocycles. The number of carbonyl (C=O) groups excluding carboxylic acids is 1. The van der Waals surface area contributed by atoms with Gasteiger partial charge in [-0.2, -0.15) is 0 Å². The maximum absolute atomic E-state index is 11.9. The number of carbonyl (C=O) groups is 1. The van der Waals surface area contributed by atoms with E-state index in [1.54, 1.807) is 6.20 Å². The second-order valence-corrected chi connectivity index (χ2v) is 6.07. The summed E-state index contributed by atoms with van der Waals surface area (Å²) in [6.45, 7) is 0.0709. The molecule has 0 bridgehead atoms. The van der Waals surface area contributed by atoms with Gasteiger partial charge in [-0.1, -0.05) is 18.2 Å². The molecule has 3 N–H and O–H groups in total. The number of benzene rings is 1. The Labute approximate surface area is 111 Å². The summed E-state index contributed by atoms with van der Waals surface area (Å²) < 4.78 is 24.6. The molecular weight excluding hydrogens is 266 g/mol. The topological polar surface area (TPSA) is 91.1 Å². The van der Waals surface area contributed by atoms with E-state index in [1.807, 2.05) is 24.3 Å². The zero-order valence-corrected chi connectivity index (χ0v) is 11.3. The van der Waals surface area contributed by atoms with Crippen LogP contribution in [0.3, 0.4) is 0 Å². The summed E-state index contributed by atoms with van der Waals surface area (Å²) in [4.78, 5) is 14.9. The highest BCUT2D eigenvalue weighted by atomic mass is 32.2. The van der Waals surface area contributed by atoms with Crippen molar-refractivity contribution in [2.75, 3.05) is 19.3 Å². The smallest absolute Gasteiger partial charge is 0.253 e. The number of sulfonamides is 1. The quantitative estimate of drug-likeness (QED) is 0.743. The summed E-state index contributed by atoms with van der Waals surface area (Å²) >= 11 is 0. The number of para-hydroxylation sites is 1. The Balaban J connectivity index is 2.05. The van der Waals surface area contributed by atoms with Gasteiger partial charge in [-0.05, 0) is 13.1 Å². The van der Waals surface area contributed by atoms with Crippen LogP contribution in [0.2, 0.25) is 0 Å². The van der Waals surface area contributed by atoms with E-state index in [0.29, 0.717) is 5.56 Å². The summed E-state index contributed by atoms with van der Waals surface area (Å²) in [6, 6.07) is 7.43. The standard InChI is InChI=1S/C12H15N3O3S/c1-13-19(17,18)7-6-14-12(16)10-8-15-11-5-3-2-4-9(10)11/h2-5,8,13,15H,6-7H2,1H3,(H,14,16). The molecule has 0 saturated heterocycles. The Morgan fingerprint density at radius 2 is 2.05 bits per heavy atom. The zero-order chi connectivity index (χ0) is 13.9. The number of H-pyrrole nitrogens is 1. The van der Waals surface area contributed by atoms with Crippen LogP contribution in [0.1, 0.15) is 10.4 Å². The fourth-order valence-corrected chi connectivity index (χ4v) is 2.33. The molecule has 1 aromatic carbocycles. The predicted molar refractivity (Wildman–Crippen MR) is 73.5 cm³/mol. The van der Waals surface area contributed by atoms with Gasteiger partial charge in [0.05, 0.1) is 11.3 Å². The third-order valence-corrected chi connectivity index (χ3v) is 4.16. The average Bonchev–Trinajstić information content (AvgIpc) is 2.82. The molecule has 7 heteroatoms. The van der Waals surface area contributed by atoms with Crippen molar-refractivity contribution in [3.8, 4) is 0 Å². The lowest BCUT2D eigenvalue weighted by Gasteiger charge is -2.04. The second-order valence-electron chi connectivity index (χ2n) is 4.03. The molecule has 0 spiro atoms. The zero-order valence-electron chi connectivity index (χ0n) is 10.4. The van der Waals surface area contributed by atoms with Crippen LogP contribution < -0.4 is 10.0 Å². The van der Waals surface area contributed by atoms with Gasteiger partial charge in [0, 0.05) is 23.6 Å². The number of rotatable bonds is 5. The first kappa shape index (κ1) is 13.6. The van der Waals surface area contributed by atoms with Gasteiger partial charge in [0.2, 0.25) is 10.0 Å². The highest BCUT2D eigenvalue weighted by Gasteiger charge is 2.12. The lowest BCUT2D eigenvalue weighted by atomic mass is 10.1. The van der Waals surface area contributed by atoms with Crippen molar-refractivity contribution in [3.63, 3.8) is 0 Å². The number of hydrogen-bond donors (Lipinski definition) is 3. The van der Waals surface area contributed by atoms with Crippen LogP contribution in [0.15, 0.2) is 30.5 Å². The fourth-order valence-electron chi connectivity index (χ4n) is 1.76. The van der Waals surface area contributed by atoms with Gasteiger partial charge >= 0.3 is 0 Å². The average molecular weight is 281 g/mol. The van der Waals surface area contributed by atoms with Crippen LogP contribution in [0.4, 0.5) is 0 Å². The Kier molecular flexibility index (Phi) is 3.87. The molecular formula is C12H15N3O3S. The fraction of sp³-hybridized carbons (Fsp3) is 0.250. The molecule has 0 fully saturated rings. The van der Waals surface area contributed by atoms with Crippen molar-refractivity contribution in [1.29, 1.82) is 0 Å². The SMILES string of the molecule is CNS(=O)(=O)CCNC(=O)c1c[nH]c2ccccc12. The van der Waals surface area contributed by atoms with Gasteiger partial charge in [-0.15, -0.1) is 0 Å². The minimum Gasteiger partial charge on any atom is -0.360 e. The highest BCUT2D eigenvalue weighted by Crippen LogP contribution is 2.17. The lowest BCUT2D eigenvalue weighted by Crippen LogP contribution is -2.32. The Morgan fingerprint density at radius 3 is 2.79 bits per heavy atom. The number of aromatic nitrogens is 1. The highest BCUT2D eigenvalue weighted by molar-refractivity contribution is 7.89. The van der Waals surface area contributed by atoms with Gasteiger partial charge in [0.25, 0.3) is 5.91 Å². The number of nitrogens with one attached hydrogen (secondary N) is 3. The van der Waals surface area contributed by atoms with E-state index in [0.717, 1.165) is 10.9 Å². The molecule has 19 heavy (non-hydrogen) atoms. The van der Waals surface area contributed by atoms with E-state index in [9.17, 15) is 13.2 Å². The summed E-state index contributed by atoms with van der Waals surface area (Å²) in [6.07, 6.45) is 1.62. The van der Waals surface area contributed by atoms with Crippen LogP contribution in [0.25, 0.3) is 10.9 Å². The molecule has 0 saturated carbocycles. The van der Waals surface area contributed by atoms with Gasteiger partial charge in [-0.3, -0.25) is 4.79 Å². The van der Waals surface area contributed by atoms with Gasteiger partial charge in [0.15, 0.2) is 0 Å². The van der Waals surface area contributed by atoms with Crippen LogP contribution in [0, 0.1) is 0 Å². The van der Waals surface area contributed by atoms with Crippen molar-refractivity contribution >= 4 is 26.8 Å².